The Bertz CT molecular complexity index is 423. The quantitative estimate of drug-likeness (QED) is 0.829. The molecule has 4 heteroatoms. The van der Waals surface area contributed by atoms with E-state index in [-0.39, 0.29) is 0 Å². The largest absolute Gasteiger partial charge is 0.493 e. The van der Waals surface area contributed by atoms with Crippen molar-refractivity contribution >= 4 is 0 Å². The van der Waals surface area contributed by atoms with Crippen LogP contribution in [0.1, 0.15) is 25.3 Å². The molecule has 1 aliphatic rings. The van der Waals surface area contributed by atoms with E-state index in [2.05, 4.69) is 23.2 Å². The molecule has 1 aromatic carbocycles. The summed E-state index contributed by atoms with van der Waals surface area (Å²) < 4.78 is 10.8. The van der Waals surface area contributed by atoms with Crippen molar-refractivity contribution in [3.8, 4) is 11.5 Å². The molecule has 0 unspecified atom stereocenters. The lowest BCUT2D eigenvalue weighted by Crippen LogP contribution is -2.37. The second kappa shape index (κ2) is 7.50. The SMILES string of the molecule is CCN1CCC[C@H]1CNCc1cccc(OC)c1OC. The predicted octanol–water partition coefficient (Wildman–Crippen LogP) is 2.28. The average Bonchev–Trinajstić information content (AvgIpc) is 2.94. The number of hydrogen-bond donors (Lipinski definition) is 1. The summed E-state index contributed by atoms with van der Waals surface area (Å²) in [6.07, 6.45) is 2.62. The molecule has 1 aliphatic heterocycles. The number of likely N-dealkylation sites (tertiary alicyclic amines) is 1. The smallest absolute Gasteiger partial charge is 0.165 e. The summed E-state index contributed by atoms with van der Waals surface area (Å²) in [6, 6.07) is 6.70. The number of para-hydroxylation sites is 1. The number of nitrogens with zero attached hydrogens (tertiary/aromatic N) is 1. The molecule has 1 heterocycles. The zero-order valence-electron chi connectivity index (χ0n) is 12.8. The maximum atomic E-state index is 5.46. The average molecular weight is 278 g/mol. The van der Waals surface area contributed by atoms with Crippen molar-refractivity contribution in [3.63, 3.8) is 0 Å². The molecule has 1 saturated heterocycles. The van der Waals surface area contributed by atoms with Gasteiger partial charge in [0, 0.05) is 24.7 Å². The van der Waals surface area contributed by atoms with Crippen LogP contribution in [0, 0.1) is 0 Å². The molecule has 1 N–H and O–H groups in total. The third-order valence-electron chi connectivity index (χ3n) is 4.09. The van der Waals surface area contributed by atoms with Crippen molar-refractivity contribution in [1.82, 2.24) is 10.2 Å². The molecule has 0 spiro atoms. The molecule has 0 radical (unpaired) electrons. The first-order valence-electron chi connectivity index (χ1n) is 7.44. The van der Waals surface area contributed by atoms with E-state index in [1.807, 2.05) is 12.1 Å². The van der Waals surface area contributed by atoms with Gasteiger partial charge in [0.1, 0.15) is 0 Å². The minimum Gasteiger partial charge on any atom is -0.493 e. The summed E-state index contributed by atoms with van der Waals surface area (Å²) in [7, 11) is 3.36. The van der Waals surface area contributed by atoms with Gasteiger partial charge in [0.05, 0.1) is 14.2 Å². The molecular weight excluding hydrogens is 252 g/mol. The van der Waals surface area contributed by atoms with Gasteiger partial charge in [-0.15, -0.1) is 0 Å². The van der Waals surface area contributed by atoms with Gasteiger partial charge in [0.2, 0.25) is 0 Å². The van der Waals surface area contributed by atoms with Crippen LogP contribution in [0.3, 0.4) is 0 Å². The van der Waals surface area contributed by atoms with Crippen molar-refractivity contribution in [3.05, 3.63) is 23.8 Å². The zero-order chi connectivity index (χ0) is 14.4. The van der Waals surface area contributed by atoms with E-state index in [0.717, 1.165) is 36.7 Å². The Labute approximate surface area is 122 Å². The third kappa shape index (κ3) is 3.44. The van der Waals surface area contributed by atoms with E-state index < -0.39 is 0 Å². The first-order chi connectivity index (χ1) is 9.80. The van der Waals surface area contributed by atoms with Crippen LogP contribution in [0.2, 0.25) is 0 Å². The minimum absolute atomic E-state index is 0.677. The lowest BCUT2D eigenvalue weighted by molar-refractivity contribution is 0.259. The van der Waals surface area contributed by atoms with Gasteiger partial charge in [-0.1, -0.05) is 19.1 Å². The van der Waals surface area contributed by atoms with Gasteiger partial charge in [0.25, 0.3) is 0 Å². The van der Waals surface area contributed by atoms with Crippen LogP contribution in [0.4, 0.5) is 0 Å². The molecule has 0 aromatic heterocycles. The topological polar surface area (TPSA) is 33.7 Å². The number of rotatable bonds is 7. The highest BCUT2D eigenvalue weighted by Crippen LogP contribution is 2.30. The van der Waals surface area contributed by atoms with E-state index >= 15 is 0 Å². The molecule has 20 heavy (non-hydrogen) atoms. The molecule has 0 bridgehead atoms. The van der Waals surface area contributed by atoms with Crippen LogP contribution in [-0.4, -0.2) is 44.8 Å². The van der Waals surface area contributed by atoms with Crippen molar-refractivity contribution in [2.24, 2.45) is 0 Å². The predicted molar refractivity (Wildman–Crippen MR) is 81.5 cm³/mol. The summed E-state index contributed by atoms with van der Waals surface area (Å²) in [5.41, 5.74) is 1.15. The van der Waals surface area contributed by atoms with Crippen LogP contribution in [0.25, 0.3) is 0 Å². The van der Waals surface area contributed by atoms with Crippen LogP contribution in [-0.2, 0) is 6.54 Å². The third-order valence-corrected chi connectivity index (χ3v) is 4.09. The Morgan fingerprint density at radius 3 is 2.85 bits per heavy atom. The van der Waals surface area contributed by atoms with E-state index in [4.69, 9.17) is 9.47 Å². The van der Waals surface area contributed by atoms with Crippen molar-refractivity contribution in [2.45, 2.75) is 32.4 Å². The van der Waals surface area contributed by atoms with Crippen molar-refractivity contribution < 1.29 is 9.47 Å². The highest BCUT2D eigenvalue weighted by Gasteiger charge is 2.22. The molecule has 1 atom stereocenters. The van der Waals surface area contributed by atoms with Gasteiger partial charge in [-0.3, -0.25) is 4.90 Å². The van der Waals surface area contributed by atoms with Crippen LogP contribution < -0.4 is 14.8 Å². The maximum Gasteiger partial charge on any atom is 0.165 e. The van der Waals surface area contributed by atoms with Gasteiger partial charge in [-0.25, -0.2) is 0 Å². The molecule has 2 rings (SSSR count). The fourth-order valence-corrected chi connectivity index (χ4v) is 3.01. The summed E-state index contributed by atoms with van der Waals surface area (Å²) in [5, 5.41) is 3.56. The number of likely N-dealkylation sites (N-methyl/N-ethyl adjacent to an activating group) is 1. The summed E-state index contributed by atoms with van der Waals surface area (Å²) >= 11 is 0. The first kappa shape index (κ1) is 15.1. The number of methoxy groups -OCH3 is 2. The second-order valence-electron chi connectivity index (χ2n) is 5.21. The molecule has 1 aromatic rings. The van der Waals surface area contributed by atoms with Gasteiger partial charge in [0.15, 0.2) is 11.5 Å². The fourth-order valence-electron chi connectivity index (χ4n) is 3.01. The lowest BCUT2D eigenvalue weighted by atomic mass is 10.1. The highest BCUT2D eigenvalue weighted by molar-refractivity contribution is 5.46. The monoisotopic (exact) mass is 278 g/mol. The van der Waals surface area contributed by atoms with Crippen LogP contribution >= 0.6 is 0 Å². The Morgan fingerprint density at radius 1 is 1.30 bits per heavy atom. The van der Waals surface area contributed by atoms with E-state index in [0.29, 0.717) is 6.04 Å². The van der Waals surface area contributed by atoms with Gasteiger partial charge in [-0.05, 0) is 32.0 Å². The van der Waals surface area contributed by atoms with Gasteiger partial charge in [-0.2, -0.15) is 0 Å². The molecule has 1 fully saturated rings. The van der Waals surface area contributed by atoms with Crippen LogP contribution in [0.5, 0.6) is 11.5 Å². The lowest BCUT2D eigenvalue weighted by Gasteiger charge is -2.23. The summed E-state index contributed by atoms with van der Waals surface area (Å²) in [5.74, 6) is 1.63. The van der Waals surface area contributed by atoms with E-state index in [1.165, 1.54) is 19.4 Å². The summed E-state index contributed by atoms with van der Waals surface area (Å²) in [6.45, 7) is 6.48. The van der Waals surface area contributed by atoms with Crippen LogP contribution in [0.15, 0.2) is 18.2 Å². The van der Waals surface area contributed by atoms with E-state index in [1.54, 1.807) is 14.2 Å². The molecule has 0 aliphatic carbocycles. The second-order valence-corrected chi connectivity index (χ2v) is 5.21. The number of nitrogens with one attached hydrogen (secondary N) is 1. The normalized spacial score (nSPS) is 19.2. The van der Waals surface area contributed by atoms with E-state index in [9.17, 15) is 0 Å². The van der Waals surface area contributed by atoms with Crippen molar-refractivity contribution in [1.29, 1.82) is 0 Å². The Balaban J connectivity index is 1.91. The molecule has 0 saturated carbocycles. The summed E-state index contributed by atoms with van der Waals surface area (Å²) in [4.78, 5) is 2.55. The zero-order valence-corrected chi connectivity index (χ0v) is 12.8. The van der Waals surface area contributed by atoms with Crippen molar-refractivity contribution in [2.75, 3.05) is 33.9 Å². The molecular formula is C16H26N2O2. The Kier molecular flexibility index (Phi) is 5.68. The van der Waals surface area contributed by atoms with Gasteiger partial charge >= 0.3 is 0 Å². The van der Waals surface area contributed by atoms with Gasteiger partial charge < -0.3 is 14.8 Å². The minimum atomic E-state index is 0.677. The number of benzene rings is 1. The molecule has 4 nitrogen and oxygen atoms in total. The Hall–Kier alpha value is -1.26. The number of ether oxygens (including phenoxy) is 2. The number of hydrogen-bond acceptors (Lipinski definition) is 4. The molecule has 112 valence electrons. The maximum absolute atomic E-state index is 5.46. The Morgan fingerprint density at radius 2 is 2.15 bits per heavy atom. The molecule has 0 amide bonds. The standard InChI is InChI=1S/C16H26N2O2/c1-4-18-10-6-8-14(18)12-17-11-13-7-5-9-15(19-2)16(13)20-3/h5,7,9,14,17H,4,6,8,10-12H2,1-3H3/t14-/m0/s1. The highest BCUT2D eigenvalue weighted by atomic mass is 16.5. The first-order valence-corrected chi connectivity index (χ1v) is 7.44. The fraction of sp³-hybridized carbons (Fsp3) is 0.625.